The summed E-state index contributed by atoms with van der Waals surface area (Å²) in [7, 11) is 0. The maximum atomic E-state index is 5.78. The Kier molecular flexibility index (Phi) is 28.8. The molecule has 0 amide bonds. The Morgan fingerprint density at radius 3 is 1.00 bits per heavy atom. The number of hydrogen-bond donors (Lipinski definition) is 0. The second-order valence-corrected chi connectivity index (χ2v) is 34.9. The van der Waals surface area contributed by atoms with E-state index in [0.29, 0.717) is 0 Å². The first-order valence-corrected chi connectivity index (χ1v) is 45.2. The van der Waals surface area contributed by atoms with Crippen molar-refractivity contribution >= 4 is 182 Å². The first-order valence-electron chi connectivity index (χ1n) is 42.7. The van der Waals surface area contributed by atoms with Gasteiger partial charge in [0, 0.05) is 104 Å². The molecule has 0 radical (unpaired) electrons. The third kappa shape index (κ3) is 21.7. The second kappa shape index (κ2) is 41.8. The number of thiophene rings is 3. The zero-order valence-electron chi connectivity index (χ0n) is 73.2. The van der Waals surface area contributed by atoms with Crippen LogP contribution in [-0.2, 0) is 0 Å². The number of aryl methyl sites for hydroxylation is 11. The fourth-order valence-electron chi connectivity index (χ4n) is 15.2. The van der Waals surface area contributed by atoms with E-state index in [-0.39, 0.29) is 0 Å². The molecular formula is C119H102O4S3. The van der Waals surface area contributed by atoms with Gasteiger partial charge in [0.1, 0.15) is 44.7 Å². The number of benzene rings is 18. The molecule has 0 spiro atoms. The molecule has 0 fully saturated rings. The van der Waals surface area contributed by atoms with E-state index in [2.05, 4.69) is 331 Å². The third-order valence-electron chi connectivity index (χ3n) is 21.7. The van der Waals surface area contributed by atoms with Crippen LogP contribution in [-0.4, -0.2) is 0 Å². The Hall–Kier alpha value is -14.2. The van der Waals surface area contributed by atoms with Crippen molar-refractivity contribution in [3.05, 3.63) is 480 Å². The summed E-state index contributed by atoms with van der Waals surface area (Å²) in [5.41, 5.74) is 22.1. The second-order valence-electron chi connectivity index (χ2n) is 31.7. The molecule has 0 unspecified atom stereocenters. The average Bonchev–Trinajstić information content (AvgIpc) is 1.67. The lowest BCUT2D eigenvalue weighted by molar-refractivity contribution is 0.665. The van der Waals surface area contributed by atoms with Crippen LogP contribution < -0.4 is 0 Å². The van der Waals surface area contributed by atoms with Gasteiger partial charge in [0.15, 0.2) is 0 Å². The van der Waals surface area contributed by atoms with Gasteiger partial charge in [-0.3, -0.25) is 0 Å². The Morgan fingerprint density at radius 1 is 0.151 bits per heavy atom. The van der Waals surface area contributed by atoms with Crippen molar-refractivity contribution in [2.75, 3.05) is 0 Å². The highest BCUT2D eigenvalue weighted by Crippen LogP contribution is 2.39. The van der Waals surface area contributed by atoms with Gasteiger partial charge in [-0.1, -0.05) is 367 Å². The van der Waals surface area contributed by atoms with E-state index in [1.54, 1.807) is 0 Å². The lowest BCUT2D eigenvalue weighted by atomic mass is 10.1. The minimum absolute atomic E-state index is 0.966. The molecule has 25 rings (SSSR count). The van der Waals surface area contributed by atoms with E-state index in [0.717, 1.165) is 44.7 Å². The van der Waals surface area contributed by atoms with Crippen molar-refractivity contribution in [2.45, 2.75) is 76.2 Å². The van der Waals surface area contributed by atoms with Crippen LogP contribution in [0.3, 0.4) is 0 Å². The molecule has 0 aliphatic carbocycles. The molecular weight excluding hydrogens is 1590 g/mol. The predicted octanol–water partition coefficient (Wildman–Crippen LogP) is 36.6. The first kappa shape index (κ1) is 86.7. The summed E-state index contributed by atoms with van der Waals surface area (Å²) in [4.78, 5) is 0. The molecule has 7 heteroatoms. The topological polar surface area (TPSA) is 52.6 Å². The molecule has 7 heterocycles. The SMILES string of the molecule is Cc1ccc2c(c1)oc1ccccc12.Cc1ccc2c(c1)sc1ccccc12.Cc1ccc2oc3ccccc3c2c1.Cc1ccc2sc3ccccc3c2c1.Cc1cccc2c1oc1ccccc12.Cc1cccc2c1sc1ccccc12.Cc1cccc2oc3ccccc3c12.Cc1ccccc1.Cc1ccccc1.Cc1ccccc1.Cc1ccccc1. The lowest BCUT2D eigenvalue weighted by Gasteiger charge is -1.93. The van der Waals surface area contributed by atoms with Gasteiger partial charge in [0.05, 0.1) is 0 Å². The first-order chi connectivity index (χ1) is 61.5. The lowest BCUT2D eigenvalue weighted by Crippen LogP contribution is -1.72. The van der Waals surface area contributed by atoms with Crippen LogP contribution in [0.4, 0.5) is 0 Å². The summed E-state index contributed by atoms with van der Waals surface area (Å²) >= 11 is 5.63. The highest BCUT2D eigenvalue weighted by molar-refractivity contribution is 7.26. The average molecular weight is 1690 g/mol. The summed E-state index contributed by atoms with van der Waals surface area (Å²) in [5.74, 6) is 0. The third-order valence-corrected chi connectivity index (χ3v) is 25.3. The molecule has 0 aliphatic rings. The maximum absolute atomic E-state index is 5.78. The van der Waals surface area contributed by atoms with Gasteiger partial charge >= 0.3 is 0 Å². The number of furan rings is 4. The molecule has 126 heavy (non-hydrogen) atoms. The Morgan fingerprint density at radius 2 is 0.460 bits per heavy atom. The van der Waals surface area contributed by atoms with E-state index in [1.807, 2.05) is 198 Å². The molecule has 0 atom stereocenters. The quantitative estimate of drug-likeness (QED) is 0.152. The standard InChI is InChI=1S/4C13H10O.3C13H10S.4C7H8/c1-9-5-4-7-11-10-6-2-3-8-12(10)14-13(9)11;1-9-5-4-8-12-13(9)10-6-2-3-7-11(10)14-12;1-9-6-7-13-11(8-9)10-4-2-3-5-12(10)14-13;1-9-6-7-11-10-4-2-3-5-12(10)14-13(11)8-9;1-9-5-4-7-11-10-6-2-3-8-12(10)14-13(9)11;1-9-6-7-13-11(8-9)10-4-2-3-5-12(10)14-13;1-9-6-7-11-10-4-2-3-5-12(10)14-13(11)8-9;4*1-7-5-3-2-4-6-7/h7*2-8H,1H3;4*2-6H,1H3. The van der Waals surface area contributed by atoms with Gasteiger partial charge in [-0.05, 0) is 189 Å². The van der Waals surface area contributed by atoms with Crippen LogP contribution in [0.25, 0.3) is 148 Å². The number of rotatable bonds is 0. The van der Waals surface area contributed by atoms with Crippen LogP contribution >= 0.6 is 34.0 Å². The minimum Gasteiger partial charge on any atom is -0.456 e. The molecule has 0 aliphatic heterocycles. The maximum Gasteiger partial charge on any atom is 0.138 e. The van der Waals surface area contributed by atoms with Gasteiger partial charge < -0.3 is 17.7 Å². The summed E-state index contributed by atoms with van der Waals surface area (Å²) in [6, 6.07) is 144. The van der Waals surface area contributed by atoms with E-state index in [1.165, 1.54) is 165 Å². The zero-order chi connectivity index (χ0) is 87.3. The molecule has 0 saturated carbocycles. The van der Waals surface area contributed by atoms with Crippen molar-refractivity contribution in [3.63, 3.8) is 0 Å². The smallest absolute Gasteiger partial charge is 0.138 e. The predicted molar refractivity (Wildman–Crippen MR) is 551 cm³/mol. The summed E-state index contributed by atoms with van der Waals surface area (Å²) in [5, 5.41) is 18.0. The normalized spacial score (nSPS) is 10.7. The Labute approximate surface area is 750 Å². The summed E-state index contributed by atoms with van der Waals surface area (Å²) in [6.45, 7) is 23.2. The Bertz CT molecular complexity index is 7320. The van der Waals surface area contributed by atoms with Gasteiger partial charge in [-0.2, -0.15) is 0 Å². The van der Waals surface area contributed by atoms with Crippen LogP contribution in [0.1, 0.15) is 61.2 Å². The molecule has 0 bridgehead atoms. The van der Waals surface area contributed by atoms with Crippen molar-refractivity contribution in [1.82, 2.24) is 0 Å². The minimum atomic E-state index is 0.966. The fraction of sp³-hybridized carbons (Fsp3) is 0.0924. The molecule has 0 N–H and O–H groups in total. The van der Waals surface area contributed by atoms with E-state index < -0.39 is 0 Å². The highest BCUT2D eigenvalue weighted by atomic mass is 32.1. The van der Waals surface area contributed by atoms with Crippen molar-refractivity contribution < 1.29 is 17.7 Å². The van der Waals surface area contributed by atoms with Gasteiger partial charge in [-0.25, -0.2) is 0 Å². The van der Waals surface area contributed by atoms with E-state index >= 15 is 0 Å². The molecule has 7 aromatic heterocycles. The van der Waals surface area contributed by atoms with Crippen LogP contribution in [0.5, 0.6) is 0 Å². The van der Waals surface area contributed by atoms with Gasteiger partial charge in [0.2, 0.25) is 0 Å². The molecule has 25 aromatic rings. The Balaban J connectivity index is 0.000000108. The summed E-state index contributed by atoms with van der Waals surface area (Å²) < 4.78 is 31.3. The van der Waals surface area contributed by atoms with Crippen molar-refractivity contribution in [2.24, 2.45) is 0 Å². The van der Waals surface area contributed by atoms with E-state index in [9.17, 15) is 0 Å². The molecule has 0 saturated heterocycles. The highest BCUT2D eigenvalue weighted by Gasteiger charge is 2.12. The number of para-hydroxylation sites is 5. The van der Waals surface area contributed by atoms with Crippen LogP contribution in [0.2, 0.25) is 0 Å². The van der Waals surface area contributed by atoms with Crippen molar-refractivity contribution in [1.29, 1.82) is 0 Å². The largest absolute Gasteiger partial charge is 0.456 e. The fourth-order valence-corrected chi connectivity index (χ4v) is 18.7. The number of hydrogen-bond acceptors (Lipinski definition) is 7. The monoisotopic (exact) mass is 1690 g/mol. The number of fused-ring (bicyclic) bond motifs is 21. The summed E-state index contributed by atoms with van der Waals surface area (Å²) in [6.07, 6.45) is 0. The van der Waals surface area contributed by atoms with Crippen LogP contribution in [0.15, 0.2) is 436 Å². The van der Waals surface area contributed by atoms with Crippen molar-refractivity contribution in [3.8, 4) is 0 Å². The molecule has 620 valence electrons. The molecule has 4 nitrogen and oxygen atoms in total. The van der Waals surface area contributed by atoms with E-state index in [4.69, 9.17) is 17.7 Å². The van der Waals surface area contributed by atoms with Gasteiger partial charge in [-0.15, -0.1) is 34.0 Å². The van der Waals surface area contributed by atoms with Gasteiger partial charge in [0.25, 0.3) is 0 Å². The zero-order valence-corrected chi connectivity index (χ0v) is 75.6. The molecule has 18 aromatic carbocycles. The van der Waals surface area contributed by atoms with Crippen LogP contribution in [0, 0.1) is 76.2 Å².